The van der Waals surface area contributed by atoms with Crippen LogP contribution in [0.2, 0.25) is 0 Å². The van der Waals surface area contributed by atoms with Gasteiger partial charge < -0.3 is 4.74 Å². The monoisotopic (exact) mass is 354 g/mol. The number of benzene rings is 1. The Balaban J connectivity index is 1.36. The third-order valence-electron chi connectivity index (χ3n) is 7.01. The van der Waals surface area contributed by atoms with Crippen LogP contribution >= 0.6 is 0 Å². The molecule has 1 aromatic carbocycles. The van der Waals surface area contributed by atoms with Gasteiger partial charge in [0.1, 0.15) is 0 Å². The van der Waals surface area contributed by atoms with Crippen molar-refractivity contribution in [3.63, 3.8) is 0 Å². The Bertz CT molecular complexity index is 528. The highest BCUT2D eigenvalue weighted by Gasteiger charge is 2.30. The van der Waals surface area contributed by atoms with Gasteiger partial charge in [-0.1, -0.05) is 49.3 Å². The van der Waals surface area contributed by atoms with Crippen LogP contribution in [0.25, 0.3) is 0 Å². The van der Waals surface area contributed by atoms with Crippen molar-refractivity contribution >= 4 is 0 Å². The van der Waals surface area contributed by atoms with E-state index in [9.17, 15) is 0 Å². The van der Waals surface area contributed by atoms with Gasteiger partial charge >= 0.3 is 0 Å². The number of hydrogen-bond acceptors (Lipinski definition) is 1. The van der Waals surface area contributed by atoms with Gasteiger partial charge in [-0.15, -0.1) is 0 Å². The Hall–Kier alpha value is -1.08. The Morgan fingerprint density at radius 2 is 1.42 bits per heavy atom. The summed E-state index contributed by atoms with van der Waals surface area (Å²) >= 11 is 0. The topological polar surface area (TPSA) is 9.23 Å². The fourth-order valence-corrected chi connectivity index (χ4v) is 5.37. The van der Waals surface area contributed by atoms with Gasteiger partial charge in [0.2, 0.25) is 0 Å². The lowest BCUT2D eigenvalue weighted by Gasteiger charge is -2.37. The minimum Gasteiger partial charge on any atom is -0.380 e. The van der Waals surface area contributed by atoms with E-state index in [-0.39, 0.29) is 0 Å². The smallest absolute Gasteiger partial charge is 0.0713 e. The highest BCUT2D eigenvalue weighted by Crippen LogP contribution is 2.42. The summed E-state index contributed by atoms with van der Waals surface area (Å²) < 4.78 is 5.20. The van der Waals surface area contributed by atoms with E-state index in [1.807, 2.05) is 0 Å². The average molecular weight is 355 g/mol. The number of aryl methyl sites for hydroxylation is 1. The zero-order valence-corrected chi connectivity index (χ0v) is 17.0. The Labute approximate surface area is 161 Å². The third kappa shape index (κ3) is 5.71. The van der Waals surface area contributed by atoms with Gasteiger partial charge in [-0.05, 0) is 93.1 Å². The fraction of sp³-hybridized carbons (Fsp3) is 0.680. The van der Waals surface area contributed by atoms with Crippen molar-refractivity contribution in [2.45, 2.75) is 77.7 Å². The molecule has 0 unspecified atom stereocenters. The van der Waals surface area contributed by atoms with Gasteiger partial charge in [-0.25, -0.2) is 0 Å². The second-order valence-corrected chi connectivity index (χ2v) is 8.77. The maximum Gasteiger partial charge on any atom is 0.0713 e. The number of hydrogen-bond donors (Lipinski definition) is 0. The van der Waals surface area contributed by atoms with E-state index in [4.69, 9.17) is 4.74 Å². The van der Waals surface area contributed by atoms with E-state index in [0.29, 0.717) is 0 Å². The maximum absolute atomic E-state index is 5.20. The third-order valence-corrected chi connectivity index (χ3v) is 7.01. The predicted octanol–water partition coefficient (Wildman–Crippen LogP) is 6.95. The summed E-state index contributed by atoms with van der Waals surface area (Å²) in [4.78, 5) is 0. The van der Waals surface area contributed by atoms with Gasteiger partial charge in [0.15, 0.2) is 0 Å². The van der Waals surface area contributed by atoms with Crippen LogP contribution in [0.15, 0.2) is 36.4 Å². The molecule has 0 saturated heterocycles. The molecule has 0 heterocycles. The van der Waals surface area contributed by atoms with Gasteiger partial charge in [0, 0.05) is 7.11 Å². The molecule has 1 nitrogen and oxygen atoms in total. The van der Waals surface area contributed by atoms with Crippen LogP contribution in [0, 0.1) is 23.7 Å². The summed E-state index contributed by atoms with van der Waals surface area (Å²) in [5, 5.41) is 0. The summed E-state index contributed by atoms with van der Waals surface area (Å²) in [5.74, 6) is 3.91. The van der Waals surface area contributed by atoms with Gasteiger partial charge in [0.05, 0.1) is 6.61 Å². The second kappa shape index (κ2) is 10.3. The first-order valence-corrected chi connectivity index (χ1v) is 11.0. The van der Waals surface area contributed by atoms with Crippen LogP contribution in [-0.4, -0.2) is 7.11 Å². The largest absolute Gasteiger partial charge is 0.380 e. The van der Waals surface area contributed by atoms with Crippen molar-refractivity contribution in [3.05, 3.63) is 47.5 Å². The highest BCUT2D eigenvalue weighted by molar-refractivity contribution is 5.22. The molecule has 0 radical (unpaired) electrons. The number of allylic oxidation sites excluding steroid dienone is 2. The Morgan fingerprint density at radius 3 is 2.00 bits per heavy atom. The molecule has 2 saturated carbocycles. The first-order chi connectivity index (χ1) is 12.8. The fourth-order valence-electron chi connectivity index (χ4n) is 5.37. The van der Waals surface area contributed by atoms with Crippen molar-refractivity contribution in [1.82, 2.24) is 0 Å². The van der Waals surface area contributed by atoms with Crippen molar-refractivity contribution in [1.29, 1.82) is 0 Å². The summed E-state index contributed by atoms with van der Waals surface area (Å²) in [5.41, 5.74) is 2.77. The standard InChI is InChI=1S/C25H38O/c1-3-4-20-11-15-24(16-12-20)25-17-13-22(14-18-25)6-5-21-7-9-23(10-8-21)19-26-2/h3-4,7-10,20,22,24-25H,5-6,11-19H2,1-2H3. The molecule has 0 aromatic heterocycles. The first kappa shape index (κ1) is 19.7. The summed E-state index contributed by atoms with van der Waals surface area (Å²) in [6.45, 7) is 2.89. The van der Waals surface area contributed by atoms with Crippen LogP contribution in [0.1, 0.15) is 75.8 Å². The molecule has 0 N–H and O–H groups in total. The number of methoxy groups -OCH3 is 1. The molecule has 0 atom stereocenters. The van der Waals surface area contributed by atoms with E-state index in [0.717, 1.165) is 30.3 Å². The normalized spacial score (nSPS) is 29.9. The quantitative estimate of drug-likeness (QED) is 0.481. The molecule has 0 aliphatic heterocycles. The van der Waals surface area contributed by atoms with Crippen molar-refractivity contribution in [3.8, 4) is 0 Å². The van der Waals surface area contributed by atoms with Crippen LogP contribution in [0.4, 0.5) is 0 Å². The average Bonchev–Trinajstić information content (AvgIpc) is 2.69. The molecule has 0 spiro atoms. The molecule has 0 bridgehead atoms. The summed E-state index contributed by atoms with van der Waals surface area (Å²) in [6.07, 6.45) is 19.1. The van der Waals surface area contributed by atoms with Crippen molar-refractivity contribution in [2.75, 3.05) is 7.11 Å². The zero-order valence-electron chi connectivity index (χ0n) is 17.0. The number of rotatable bonds is 7. The van der Waals surface area contributed by atoms with Gasteiger partial charge in [-0.3, -0.25) is 0 Å². The Morgan fingerprint density at radius 1 is 0.846 bits per heavy atom. The lowest BCUT2D eigenvalue weighted by molar-refractivity contribution is 0.152. The molecule has 2 aliphatic rings. The molecule has 0 amide bonds. The lowest BCUT2D eigenvalue weighted by atomic mass is 9.68. The second-order valence-electron chi connectivity index (χ2n) is 8.77. The SMILES string of the molecule is CC=CC1CCC(C2CCC(CCc3ccc(COC)cc3)CC2)CC1. The molecular weight excluding hydrogens is 316 g/mol. The first-order valence-electron chi connectivity index (χ1n) is 11.0. The molecular formula is C25H38O. The number of ether oxygens (including phenoxy) is 1. The van der Waals surface area contributed by atoms with E-state index < -0.39 is 0 Å². The van der Waals surface area contributed by atoms with E-state index in [2.05, 4.69) is 43.3 Å². The van der Waals surface area contributed by atoms with E-state index in [1.165, 1.54) is 75.3 Å². The highest BCUT2D eigenvalue weighted by atomic mass is 16.5. The van der Waals surface area contributed by atoms with Crippen molar-refractivity contribution in [2.24, 2.45) is 23.7 Å². The van der Waals surface area contributed by atoms with Crippen molar-refractivity contribution < 1.29 is 4.74 Å². The minimum absolute atomic E-state index is 0.723. The van der Waals surface area contributed by atoms with Crippen LogP contribution in [-0.2, 0) is 17.8 Å². The van der Waals surface area contributed by atoms with E-state index in [1.54, 1.807) is 7.11 Å². The van der Waals surface area contributed by atoms with Crippen LogP contribution < -0.4 is 0 Å². The molecule has 2 aliphatic carbocycles. The maximum atomic E-state index is 5.20. The molecule has 144 valence electrons. The van der Waals surface area contributed by atoms with Crippen LogP contribution in [0.3, 0.4) is 0 Å². The zero-order chi connectivity index (χ0) is 18.2. The summed E-state index contributed by atoms with van der Waals surface area (Å²) in [6, 6.07) is 9.03. The molecule has 1 heteroatoms. The molecule has 26 heavy (non-hydrogen) atoms. The lowest BCUT2D eigenvalue weighted by Crippen LogP contribution is -2.25. The minimum atomic E-state index is 0.723. The van der Waals surface area contributed by atoms with Crippen LogP contribution in [0.5, 0.6) is 0 Å². The predicted molar refractivity (Wildman–Crippen MR) is 111 cm³/mol. The van der Waals surface area contributed by atoms with Gasteiger partial charge in [-0.2, -0.15) is 0 Å². The molecule has 1 aromatic rings. The van der Waals surface area contributed by atoms with E-state index >= 15 is 0 Å². The summed E-state index contributed by atoms with van der Waals surface area (Å²) in [7, 11) is 1.76. The molecule has 3 rings (SSSR count). The molecule has 2 fully saturated rings. The van der Waals surface area contributed by atoms with Gasteiger partial charge in [0.25, 0.3) is 0 Å². The Kier molecular flexibility index (Phi) is 7.80.